The van der Waals surface area contributed by atoms with Gasteiger partial charge in [-0.05, 0) is 67.9 Å². The average molecular weight is 616 g/mol. The molecule has 1 aromatic heterocycles. The van der Waals surface area contributed by atoms with Crippen molar-refractivity contribution in [1.82, 2.24) is 4.98 Å². The number of nitrogens with one attached hydrogen (secondary N) is 2. The molecule has 8 nitrogen and oxygen atoms in total. The second kappa shape index (κ2) is 12.6. The molecule has 0 spiro atoms. The van der Waals surface area contributed by atoms with E-state index in [1.807, 2.05) is 0 Å². The number of pyridine rings is 1. The van der Waals surface area contributed by atoms with Crippen LogP contribution in [0.2, 0.25) is 10.0 Å². The largest absolute Gasteiger partial charge is 0.493 e. The Balaban J connectivity index is 1.97. The molecule has 0 saturated carbocycles. The van der Waals surface area contributed by atoms with Crippen LogP contribution in [0.4, 0.5) is 20.2 Å². The van der Waals surface area contributed by atoms with Gasteiger partial charge >= 0.3 is 0 Å². The number of benzene rings is 3. The second-order valence-corrected chi connectivity index (χ2v) is 9.80. The molecule has 2 amide bonds. The third-order valence-electron chi connectivity index (χ3n) is 6.32. The van der Waals surface area contributed by atoms with Gasteiger partial charge < -0.3 is 24.8 Å². The molecule has 42 heavy (non-hydrogen) atoms. The summed E-state index contributed by atoms with van der Waals surface area (Å²) in [5.41, 5.74) is 1.66. The number of halogens is 4. The van der Waals surface area contributed by atoms with Crippen LogP contribution in [0.15, 0.2) is 48.5 Å². The molecule has 218 valence electrons. The van der Waals surface area contributed by atoms with Crippen molar-refractivity contribution in [2.45, 2.75) is 13.8 Å². The fourth-order valence-corrected chi connectivity index (χ4v) is 4.82. The lowest BCUT2D eigenvalue weighted by Gasteiger charge is -2.21. The van der Waals surface area contributed by atoms with Crippen LogP contribution in [-0.2, 0) is 0 Å². The minimum absolute atomic E-state index is 0.0395. The molecule has 1 heterocycles. The first-order valence-corrected chi connectivity index (χ1v) is 13.1. The zero-order valence-electron chi connectivity index (χ0n) is 23.1. The molecule has 0 unspecified atom stereocenters. The van der Waals surface area contributed by atoms with Gasteiger partial charge in [-0.15, -0.1) is 0 Å². The van der Waals surface area contributed by atoms with Gasteiger partial charge in [0, 0.05) is 16.9 Å². The lowest BCUT2D eigenvalue weighted by molar-refractivity contribution is 0.102. The quantitative estimate of drug-likeness (QED) is 0.213. The van der Waals surface area contributed by atoms with Gasteiger partial charge in [-0.25, -0.2) is 8.78 Å². The van der Waals surface area contributed by atoms with Crippen molar-refractivity contribution in [3.05, 3.63) is 92.7 Å². The summed E-state index contributed by atoms with van der Waals surface area (Å²) in [4.78, 5) is 32.1. The van der Waals surface area contributed by atoms with E-state index in [1.54, 1.807) is 26.0 Å². The van der Waals surface area contributed by atoms with E-state index in [-0.39, 0.29) is 49.6 Å². The van der Waals surface area contributed by atoms with Gasteiger partial charge in [0.2, 0.25) is 5.75 Å². The number of hydrogen-bond donors (Lipinski definition) is 2. The van der Waals surface area contributed by atoms with Gasteiger partial charge in [-0.3, -0.25) is 14.6 Å². The molecule has 0 saturated heterocycles. The number of ether oxygens (including phenoxy) is 3. The number of aromatic nitrogens is 1. The van der Waals surface area contributed by atoms with E-state index < -0.39 is 23.4 Å². The number of rotatable bonds is 8. The standard InChI is InChI=1S/C30H25Cl2F2N3O5/c1-14-25(29(38)36-17-6-8-21(33)19(31)12-17)27(16-10-23(40-3)28(42-5)24(11-16)41-4)26(15(2)35-14)30(39)37-18-7-9-22(34)20(32)13-18/h6-13H,1-5H3,(H,36,38)(H,37,39). The summed E-state index contributed by atoms with van der Waals surface area (Å²) >= 11 is 11.8. The normalized spacial score (nSPS) is 10.7. The fraction of sp³-hybridized carbons (Fsp3) is 0.167. The Labute approximate surface area is 250 Å². The molecule has 0 atom stereocenters. The van der Waals surface area contributed by atoms with Gasteiger partial charge in [0.25, 0.3) is 11.8 Å². The minimum atomic E-state index is -0.652. The Morgan fingerprint density at radius 2 is 1.14 bits per heavy atom. The van der Waals surface area contributed by atoms with Crippen LogP contribution in [0.25, 0.3) is 11.1 Å². The third-order valence-corrected chi connectivity index (χ3v) is 6.90. The van der Waals surface area contributed by atoms with E-state index in [1.165, 1.54) is 45.6 Å². The molecule has 0 aliphatic carbocycles. The van der Waals surface area contributed by atoms with E-state index in [4.69, 9.17) is 37.4 Å². The summed E-state index contributed by atoms with van der Waals surface area (Å²) in [5.74, 6) is -1.76. The van der Waals surface area contributed by atoms with Crippen molar-refractivity contribution in [3.63, 3.8) is 0 Å². The molecule has 2 N–H and O–H groups in total. The van der Waals surface area contributed by atoms with Crippen molar-refractivity contribution in [2.24, 2.45) is 0 Å². The van der Waals surface area contributed by atoms with Crippen molar-refractivity contribution in [1.29, 1.82) is 0 Å². The Morgan fingerprint density at radius 1 is 0.714 bits per heavy atom. The van der Waals surface area contributed by atoms with E-state index >= 15 is 0 Å². The first-order chi connectivity index (χ1) is 20.0. The summed E-state index contributed by atoms with van der Waals surface area (Å²) in [6, 6.07) is 10.6. The van der Waals surface area contributed by atoms with Gasteiger partial charge in [0.15, 0.2) is 11.5 Å². The highest BCUT2D eigenvalue weighted by Gasteiger charge is 2.28. The number of methoxy groups -OCH3 is 3. The van der Waals surface area contributed by atoms with Crippen molar-refractivity contribution < 1.29 is 32.6 Å². The maximum absolute atomic E-state index is 13.8. The van der Waals surface area contributed by atoms with Crippen molar-refractivity contribution >= 4 is 46.4 Å². The number of carbonyl (C=O) groups is 2. The van der Waals surface area contributed by atoms with Crippen LogP contribution < -0.4 is 24.8 Å². The third kappa shape index (κ3) is 6.09. The molecule has 0 fully saturated rings. The number of anilines is 2. The molecule has 4 rings (SSSR count). The van der Waals surface area contributed by atoms with Gasteiger partial charge in [0.05, 0.1) is 53.9 Å². The number of carbonyl (C=O) groups excluding carboxylic acids is 2. The predicted molar refractivity (Wildman–Crippen MR) is 158 cm³/mol. The highest BCUT2D eigenvalue weighted by Crippen LogP contribution is 2.43. The van der Waals surface area contributed by atoms with Crippen LogP contribution in [0.1, 0.15) is 32.1 Å². The van der Waals surface area contributed by atoms with Crippen molar-refractivity contribution in [2.75, 3.05) is 32.0 Å². The highest BCUT2D eigenvalue weighted by molar-refractivity contribution is 6.31. The Morgan fingerprint density at radius 3 is 1.50 bits per heavy atom. The maximum Gasteiger partial charge on any atom is 0.258 e. The molecule has 4 aromatic rings. The van der Waals surface area contributed by atoms with Gasteiger partial charge in [-0.1, -0.05) is 23.2 Å². The molecular formula is C30H25Cl2F2N3O5. The Bertz CT molecular complexity index is 1600. The highest BCUT2D eigenvalue weighted by atomic mass is 35.5. The molecule has 0 aliphatic heterocycles. The SMILES string of the molecule is COc1cc(-c2c(C(=O)Nc3ccc(F)c(Cl)c3)c(C)nc(C)c2C(=O)Nc2ccc(F)c(Cl)c2)cc(OC)c1OC. The summed E-state index contributed by atoms with van der Waals surface area (Å²) in [5, 5.41) is 5.02. The lowest BCUT2D eigenvalue weighted by atomic mass is 9.91. The monoisotopic (exact) mass is 615 g/mol. The molecule has 0 aliphatic rings. The van der Waals surface area contributed by atoms with Crippen LogP contribution >= 0.6 is 23.2 Å². The second-order valence-electron chi connectivity index (χ2n) is 8.99. The lowest BCUT2D eigenvalue weighted by Crippen LogP contribution is -2.22. The number of amides is 2. The first kappa shape index (κ1) is 30.5. The Hall–Kier alpha value is -4.41. The first-order valence-electron chi connectivity index (χ1n) is 12.3. The average Bonchev–Trinajstić information content (AvgIpc) is 2.95. The maximum atomic E-state index is 13.8. The Kier molecular flexibility index (Phi) is 9.18. The van der Waals surface area contributed by atoms with E-state index in [9.17, 15) is 18.4 Å². The van der Waals surface area contributed by atoms with Crippen LogP contribution in [0.3, 0.4) is 0 Å². The van der Waals surface area contributed by atoms with E-state index in [0.717, 1.165) is 12.1 Å². The van der Waals surface area contributed by atoms with E-state index in [0.29, 0.717) is 22.7 Å². The fourth-order valence-electron chi connectivity index (χ4n) is 4.45. The van der Waals surface area contributed by atoms with Crippen molar-refractivity contribution in [3.8, 4) is 28.4 Å². The molecule has 0 bridgehead atoms. The van der Waals surface area contributed by atoms with Crippen LogP contribution in [0, 0.1) is 25.5 Å². The van der Waals surface area contributed by atoms with Gasteiger partial charge in [-0.2, -0.15) is 0 Å². The molecule has 0 radical (unpaired) electrons. The van der Waals surface area contributed by atoms with Crippen LogP contribution in [-0.4, -0.2) is 38.1 Å². The topological polar surface area (TPSA) is 98.8 Å². The summed E-state index contributed by atoms with van der Waals surface area (Å²) in [6.45, 7) is 3.23. The minimum Gasteiger partial charge on any atom is -0.493 e. The van der Waals surface area contributed by atoms with Gasteiger partial charge in [0.1, 0.15) is 11.6 Å². The predicted octanol–water partition coefficient (Wildman–Crippen LogP) is 7.48. The number of hydrogen-bond acceptors (Lipinski definition) is 6. The zero-order valence-corrected chi connectivity index (χ0v) is 24.6. The molecule has 3 aromatic carbocycles. The number of nitrogens with zero attached hydrogens (tertiary/aromatic N) is 1. The molecule has 12 heteroatoms. The number of aryl methyl sites for hydroxylation is 2. The summed E-state index contributed by atoms with van der Waals surface area (Å²) < 4.78 is 44.0. The molecular weight excluding hydrogens is 591 g/mol. The summed E-state index contributed by atoms with van der Waals surface area (Å²) in [7, 11) is 4.31. The zero-order chi connectivity index (χ0) is 30.7. The van der Waals surface area contributed by atoms with Crippen LogP contribution in [0.5, 0.6) is 17.2 Å². The van der Waals surface area contributed by atoms with E-state index in [2.05, 4.69) is 15.6 Å². The smallest absolute Gasteiger partial charge is 0.258 e. The summed E-state index contributed by atoms with van der Waals surface area (Å²) in [6.07, 6.45) is 0.